The summed E-state index contributed by atoms with van der Waals surface area (Å²) < 4.78 is 10.4. The zero-order valence-electron chi connectivity index (χ0n) is 15.9. The Kier molecular flexibility index (Phi) is 8.61. The number of alkyl carbamates (subject to hydrolysis) is 1. The van der Waals surface area contributed by atoms with E-state index >= 15 is 0 Å². The number of rotatable bonds is 8. The first-order valence-corrected chi connectivity index (χ1v) is 8.59. The van der Waals surface area contributed by atoms with Crippen LogP contribution in [0.2, 0.25) is 0 Å². The van der Waals surface area contributed by atoms with Crippen LogP contribution in [-0.4, -0.2) is 48.1 Å². The number of hydrogen-bond donors (Lipinski definition) is 1. The number of carbonyl (C=O) groups excluding carboxylic acids is 3. The van der Waals surface area contributed by atoms with Gasteiger partial charge in [-0.25, -0.2) is 9.59 Å². The average molecular weight is 364 g/mol. The molecule has 0 heterocycles. The molecule has 7 nitrogen and oxygen atoms in total. The highest BCUT2D eigenvalue weighted by Gasteiger charge is 2.18. The quantitative estimate of drug-likeness (QED) is 0.766. The van der Waals surface area contributed by atoms with E-state index in [1.54, 1.807) is 20.8 Å². The fraction of sp³-hybridized carbons (Fsp3) is 0.526. The Morgan fingerprint density at radius 3 is 2.31 bits per heavy atom. The van der Waals surface area contributed by atoms with Gasteiger partial charge >= 0.3 is 12.2 Å². The van der Waals surface area contributed by atoms with Crippen LogP contribution in [0.3, 0.4) is 0 Å². The molecule has 0 atom stereocenters. The summed E-state index contributed by atoms with van der Waals surface area (Å²) in [4.78, 5) is 36.6. The van der Waals surface area contributed by atoms with Crippen LogP contribution in [0.5, 0.6) is 0 Å². The zero-order valence-corrected chi connectivity index (χ0v) is 15.9. The van der Waals surface area contributed by atoms with Crippen molar-refractivity contribution in [2.75, 3.05) is 19.6 Å². The second-order valence-electron chi connectivity index (χ2n) is 6.91. The molecule has 0 unspecified atom stereocenters. The summed E-state index contributed by atoms with van der Waals surface area (Å²) in [5, 5.41) is 2.59. The molecule has 0 aromatic heterocycles. The van der Waals surface area contributed by atoms with E-state index in [9.17, 15) is 14.4 Å². The molecule has 0 aliphatic carbocycles. The largest absolute Gasteiger partial charge is 0.445 e. The number of ketones is 1. The number of ether oxygens (including phenoxy) is 2. The second kappa shape index (κ2) is 10.4. The Morgan fingerprint density at radius 1 is 1.08 bits per heavy atom. The van der Waals surface area contributed by atoms with Crippen molar-refractivity contribution >= 4 is 18.0 Å². The van der Waals surface area contributed by atoms with Gasteiger partial charge in [0.05, 0.1) is 0 Å². The summed E-state index contributed by atoms with van der Waals surface area (Å²) >= 11 is 0. The standard InChI is InChI=1S/C19H28N2O5/c1-15(22)10-12-21(13-11-20-17(23)26-19(2,3)4)18(24)25-14-16-8-6-5-7-9-16/h5-9H,10-14H2,1-4H3,(H,20,23). The molecule has 1 aromatic carbocycles. The Morgan fingerprint density at radius 2 is 1.73 bits per heavy atom. The Bertz CT molecular complexity index is 596. The average Bonchev–Trinajstić information content (AvgIpc) is 2.54. The van der Waals surface area contributed by atoms with Gasteiger partial charge in [0.2, 0.25) is 0 Å². The molecule has 0 saturated heterocycles. The van der Waals surface area contributed by atoms with Crippen molar-refractivity contribution in [3.8, 4) is 0 Å². The number of benzene rings is 1. The minimum absolute atomic E-state index is 0.0223. The van der Waals surface area contributed by atoms with E-state index in [0.29, 0.717) is 0 Å². The molecule has 0 radical (unpaired) electrons. The van der Waals surface area contributed by atoms with Crippen LogP contribution < -0.4 is 5.32 Å². The van der Waals surface area contributed by atoms with Gasteiger partial charge < -0.3 is 19.7 Å². The van der Waals surface area contributed by atoms with Crippen molar-refractivity contribution in [3.05, 3.63) is 35.9 Å². The first kappa shape index (κ1) is 21.5. The lowest BCUT2D eigenvalue weighted by atomic mass is 10.2. The first-order valence-electron chi connectivity index (χ1n) is 8.59. The summed E-state index contributed by atoms with van der Waals surface area (Å²) in [5.41, 5.74) is 0.284. The summed E-state index contributed by atoms with van der Waals surface area (Å²) in [6, 6.07) is 9.32. The summed E-state index contributed by atoms with van der Waals surface area (Å²) in [6.45, 7) is 7.58. The van der Waals surface area contributed by atoms with Crippen molar-refractivity contribution in [3.63, 3.8) is 0 Å². The topological polar surface area (TPSA) is 84.9 Å². The molecular weight excluding hydrogens is 336 g/mol. The summed E-state index contributed by atoms with van der Waals surface area (Å²) in [6.07, 6.45) is -0.852. The van der Waals surface area contributed by atoms with Crippen molar-refractivity contribution in [2.24, 2.45) is 0 Å². The third-order valence-electron chi connectivity index (χ3n) is 3.25. The van der Waals surface area contributed by atoms with Crippen molar-refractivity contribution in [2.45, 2.75) is 46.3 Å². The lowest BCUT2D eigenvalue weighted by molar-refractivity contribution is -0.117. The predicted octanol–water partition coefficient (Wildman–Crippen LogP) is 3.13. The summed E-state index contributed by atoms with van der Waals surface area (Å²) in [7, 11) is 0. The minimum atomic E-state index is -0.590. The number of amides is 2. The van der Waals surface area contributed by atoms with E-state index in [2.05, 4.69) is 5.32 Å². The van der Waals surface area contributed by atoms with E-state index < -0.39 is 17.8 Å². The number of hydrogen-bond acceptors (Lipinski definition) is 5. The zero-order chi connectivity index (χ0) is 19.6. The van der Waals surface area contributed by atoms with E-state index in [4.69, 9.17) is 9.47 Å². The summed E-state index contributed by atoms with van der Waals surface area (Å²) in [5.74, 6) is -0.0223. The smallest absolute Gasteiger partial charge is 0.410 e. The van der Waals surface area contributed by atoms with E-state index in [1.807, 2.05) is 30.3 Å². The highest BCUT2D eigenvalue weighted by Crippen LogP contribution is 2.07. The molecule has 144 valence electrons. The second-order valence-corrected chi connectivity index (χ2v) is 6.91. The molecule has 2 amide bonds. The molecule has 1 N–H and O–H groups in total. The molecule has 7 heteroatoms. The van der Waals surface area contributed by atoms with Crippen molar-refractivity contribution in [1.29, 1.82) is 0 Å². The van der Waals surface area contributed by atoms with Gasteiger partial charge in [0.15, 0.2) is 0 Å². The molecule has 0 aliphatic heterocycles. The Balaban J connectivity index is 2.50. The number of Topliss-reactive ketones (excluding diaryl/α,β-unsaturated/α-hetero) is 1. The van der Waals surface area contributed by atoms with Crippen LogP contribution in [0.15, 0.2) is 30.3 Å². The molecule has 26 heavy (non-hydrogen) atoms. The van der Waals surface area contributed by atoms with Gasteiger partial charge in [-0.15, -0.1) is 0 Å². The van der Waals surface area contributed by atoms with Gasteiger partial charge in [-0.3, -0.25) is 4.79 Å². The van der Waals surface area contributed by atoms with Gasteiger partial charge in [0.25, 0.3) is 0 Å². The van der Waals surface area contributed by atoms with Crippen molar-refractivity contribution < 1.29 is 23.9 Å². The molecule has 0 spiro atoms. The van der Waals surface area contributed by atoms with E-state index in [0.717, 1.165) is 5.56 Å². The number of nitrogens with zero attached hydrogens (tertiary/aromatic N) is 1. The van der Waals surface area contributed by atoms with Crippen LogP contribution in [0, 0.1) is 0 Å². The van der Waals surface area contributed by atoms with E-state index in [1.165, 1.54) is 11.8 Å². The van der Waals surface area contributed by atoms with Gasteiger partial charge in [0, 0.05) is 26.1 Å². The molecule has 0 bridgehead atoms. The third-order valence-corrected chi connectivity index (χ3v) is 3.25. The maximum atomic E-state index is 12.3. The van der Waals surface area contributed by atoms with Crippen LogP contribution in [0.1, 0.15) is 39.7 Å². The fourth-order valence-corrected chi connectivity index (χ4v) is 2.00. The number of nitrogens with one attached hydrogen (secondary N) is 1. The normalized spacial score (nSPS) is 10.8. The monoisotopic (exact) mass is 364 g/mol. The van der Waals surface area contributed by atoms with Crippen LogP contribution in [-0.2, 0) is 20.9 Å². The Labute approximate surface area is 154 Å². The fourth-order valence-electron chi connectivity index (χ4n) is 2.00. The highest BCUT2D eigenvalue weighted by atomic mass is 16.6. The molecule has 0 saturated carbocycles. The van der Waals surface area contributed by atoms with Crippen molar-refractivity contribution in [1.82, 2.24) is 10.2 Å². The SMILES string of the molecule is CC(=O)CCN(CCNC(=O)OC(C)(C)C)C(=O)OCc1ccccc1. The van der Waals surface area contributed by atoms with Crippen LogP contribution in [0.4, 0.5) is 9.59 Å². The van der Waals surface area contributed by atoms with Gasteiger partial charge in [-0.2, -0.15) is 0 Å². The lowest BCUT2D eigenvalue weighted by Crippen LogP contribution is -2.41. The predicted molar refractivity (Wildman–Crippen MR) is 97.7 cm³/mol. The number of carbonyl (C=O) groups is 3. The highest BCUT2D eigenvalue weighted by molar-refractivity contribution is 5.76. The minimum Gasteiger partial charge on any atom is -0.445 e. The maximum Gasteiger partial charge on any atom is 0.410 e. The molecule has 1 aromatic rings. The Hall–Kier alpha value is -2.57. The molecule has 1 rings (SSSR count). The van der Waals surface area contributed by atoms with E-state index in [-0.39, 0.29) is 38.4 Å². The molecule has 0 aliphatic rings. The molecule has 0 fully saturated rings. The lowest BCUT2D eigenvalue weighted by Gasteiger charge is -2.23. The van der Waals surface area contributed by atoms with Gasteiger partial charge in [0.1, 0.15) is 18.0 Å². The van der Waals surface area contributed by atoms with Gasteiger partial charge in [-0.05, 0) is 33.3 Å². The first-order chi connectivity index (χ1) is 12.2. The third kappa shape index (κ3) is 9.66. The molecular formula is C19H28N2O5. The van der Waals surface area contributed by atoms with Crippen LogP contribution in [0.25, 0.3) is 0 Å². The maximum absolute atomic E-state index is 12.3. The van der Waals surface area contributed by atoms with Gasteiger partial charge in [-0.1, -0.05) is 30.3 Å². The van der Waals surface area contributed by atoms with Crippen LogP contribution >= 0.6 is 0 Å².